The molecule has 4 nitrogen and oxygen atoms in total. The van der Waals surface area contributed by atoms with Crippen LogP contribution in [0.3, 0.4) is 0 Å². The van der Waals surface area contributed by atoms with Gasteiger partial charge >= 0.3 is 0 Å². The highest BCUT2D eigenvalue weighted by Gasteiger charge is 2.06. The van der Waals surface area contributed by atoms with Crippen molar-refractivity contribution in [3.63, 3.8) is 0 Å². The third-order valence-electron chi connectivity index (χ3n) is 2.54. The Morgan fingerprint density at radius 2 is 2.00 bits per heavy atom. The molecule has 1 aromatic carbocycles. The standard InChI is InChI=1S/C12H13N3O/c1-3-12(16)10-6-4-9(5-7-10)11-8-13-14-15(11)2/h4-8H,3H2,1-2H3. The monoisotopic (exact) mass is 215 g/mol. The number of carbonyl (C=O) groups is 1. The Morgan fingerprint density at radius 3 is 2.50 bits per heavy atom. The Hall–Kier alpha value is -1.97. The lowest BCUT2D eigenvalue weighted by Gasteiger charge is -2.02. The summed E-state index contributed by atoms with van der Waals surface area (Å²) in [5.74, 6) is 0.162. The number of hydrogen-bond donors (Lipinski definition) is 0. The van der Waals surface area contributed by atoms with Gasteiger partial charge in [0.2, 0.25) is 0 Å². The molecule has 2 rings (SSSR count). The molecule has 0 atom stereocenters. The number of rotatable bonds is 3. The Kier molecular flexibility index (Phi) is 2.81. The lowest BCUT2D eigenvalue weighted by Crippen LogP contribution is -1.97. The Bertz CT molecular complexity index is 499. The van der Waals surface area contributed by atoms with Gasteiger partial charge in [0.15, 0.2) is 5.78 Å². The molecule has 0 N–H and O–H groups in total. The highest BCUT2D eigenvalue weighted by molar-refractivity contribution is 5.96. The molecule has 0 aliphatic heterocycles. The lowest BCUT2D eigenvalue weighted by molar-refractivity contribution is 0.0988. The van der Waals surface area contributed by atoms with E-state index in [1.807, 2.05) is 38.2 Å². The first-order chi connectivity index (χ1) is 7.72. The molecule has 0 unspecified atom stereocenters. The van der Waals surface area contributed by atoms with Crippen LogP contribution in [0.15, 0.2) is 30.5 Å². The average molecular weight is 215 g/mol. The highest BCUT2D eigenvalue weighted by Crippen LogP contribution is 2.18. The van der Waals surface area contributed by atoms with E-state index in [2.05, 4.69) is 10.3 Å². The maximum atomic E-state index is 11.4. The van der Waals surface area contributed by atoms with Gasteiger partial charge in [-0.15, -0.1) is 5.10 Å². The maximum absolute atomic E-state index is 11.4. The largest absolute Gasteiger partial charge is 0.294 e. The van der Waals surface area contributed by atoms with Gasteiger partial charge < -0.3 is 0 Å². The summed E-state index contributed by atoms with van der Waals surface area (Å²) >= 11 is 0. The SMILES string of the molecule is CCC(=O)c1ccc(-c2cnnn2C)cc1. The van der Waals surface area contributed by atoms with E-state index in [1.165, 1.54) is 0 Å². The summed E-state index contributed by atoms with van der Waals surface area (Å²) < 4.78 is 1.71. The second kappa shape index (κ2) is 4.26. The Labute approximate surface area is 93.9 Å². The predicted molar refractivity (Wildman–Crippen MR) is 61.1 cm³/mol. The summed E-state index contributed by atoms with van der Waals surface area (Å²) in [6, 6.07) is 7.52. The van der Waals surface area contributed by atoms with E-state index >= 15 is 0 Å². The van der Waals surface area contributed by atoms with Crippen LogP contribution in [0, 0.1) is 0 Å². The van der Waals surface area contributed by atoms with Crippen LogP contribution >= 0.6 is 0 Å². The quantitative estimate of drug-likeness (QED) is 0.736. The fourth-order valence-electron chi connectivity index (χ4n) is 1.58. The predicted octanol–water partition coefficient (Wildman–Crippen LogP) is 2.07. The normalized spacial score (nSPS) is 10.4. The molecular formula is C12H13N3O. The minimum absolute atomic E-state index is 0.162. The van der Waals surface area contributed by atoms with Crippen LogP contribution < -0.4 is 0 Å². The molecule has 0 radical (unpaired) electrons. The molecule has 0 fully saturated rings. The summed E-state index contributed by atoms with van der Waals surface area (Å²) in [7, 11) is 1.84. The van der Waals surface area contributed by atoms with Gasteiger partial charge in [0.1, 0.15) is 0 Å². The van der Waals surface area contributed by atoms with Crippen LogP contribution in [0.2, 0.25) is 0 Å². The molecule has 0 aliphatic rings. The van der Waals surface area contributed by atoms with E-state index < -0.39 is 0 Å². The van der Waals surface area contributed by atoms with Crippen molar-refractivity contribution in [3.05, 3.63) is 36.0 Å². The molecule has 0 aliphatic carbocycles. The highest BCUT2D eigenvalue weighted by atomic mass is 16.1. The van der Waals surface area contributed by atoms with Crippen molar-refractivity contribution in [2.75, 3.05) is 0 Å². The number of carbonyl (C=O) groups excluding carboxylic acids is 1. The van der Waals surface area contributed by atoms with E-state index in [9.17, 15) is 4.79 Å². The summed E-state index contributed by atoms with van der Waals surface area (Å²) in [5, 5.41) is 7.68. The molecule has 82 valence electrons. The molecule has 16 heavy (non-hydrogen) atoms. The van der Waals surface area contributed by atoms with Crippen LogP contribution in [0.1, 0.15) is 23.7 Å². The molecule has 0 spiro atoms. The van der Waals surface area contributed by atoms with Crippen LogP contribution in [0.25, 0.3) is 11.3 Å². The molecule has 1 heterocycles. The number of hydrogen-bond acceptors (Lipinski definition) is 3. The molecule has 0 saturated carbocycles. The summed E-state index contributed by atoms with van der Waals surface area (Å²) in [5.41, 5.74) is 2.71. The van der Waals surface area contributed by atoms with Gasteiger partial charge in [0.05, 0.1) is 11.9 Å². The second-order valence-corrected chi connectivity index (χ2v) is 3.60. The van der Waals surface area contributed by atoms with Crippen molar-refractivity contribution in [2.45, 2.75) is 13.3 Å². The Morgan fingerprint density at radius 1 is 1.31 bits per heavy atom. The molecule has 0 amide bonds. The second-order valence-electron chi connectivity index (χ2n) is 3.60. The number of benzene rings is 1. The molecular weight excluding hydrogens is 202 g/mol. The van der Waals surface area contributed by atoms with Crippen molar-refractivity contribution in [1.29, 1.82) is 0 Å². The van der Waals surface area contributed by atoms with Gasteiger partial charge in [0, 0.05) is 24.6 Å². The third-order valence-corrected chi connectivity index (χ3v) is 2.54. The molecule has 0 bridgehead atoms. The molecule has 0 saturated heterocycles. The number of aryl methyl sites for hydroxylation is 1. The fraction of sp³-hybridized carbons (Fsp3) is 0.250. The minimum Gasteiger partial charge on any atom is -0.294 e. The van der Waals surface area contributed by atoms with Gasteiger partial charge in [-0.05, 0) is 0 Å². The maximum Gasteiger partial charge on any atom is 0.162 e. The number of Topliss-reactive ketones (excluding diaryl/α,β-unsaturated/α-hetero) is 1. The van der Waals surface area contributed by atoms with Crippen molar-refractivity contribution in [2.24, 2.45) is 7.05 Å². The zero-order valence-electron chi connectivity index (χ0n) is 9.34. The van der Waals surface area contributed by atoms with Crippen LogP contribution in [0.4, 0.5) is 0 Å². The number of aromatic nitrogens is 3. The van der Waals surface area contributed by atoms with Crippen LogP contribution in [0.5, 0.6) is 0 Å². The first-order valence-corrected chi connectivity index (χ1v) is 5.20. The first kappa shape index (κ1) is 10.5. The van der Waals surface area contributed by atoms with Crippen LogP contribution in [-0.2, 0) is 7.05 Å². The van der Waals surface area contributed by atoms with Gasteiger partial charge in [0.25, 0.3) is 0 Å². The lowest BCUT2D eigenvalue weighted by atomic mass is 10.1. The van der Waals surface area contributed by atoms with E-state index in [0.717, 1.165) is 16.8 Å². The minimum atomic E-state index is 0.162. The number of ketones is 1. The fourth-order valence-corrected chi connectivity index (χ4v) is 1.58. The van der Waals surface area contributed by atoms with E-state index in [4.69, 9.17) is 0 Å². The van der Waals surface area contributed by atoms with E-state index in [-0.39, 0.29) is 5.78 Å². The van der Waals surface area contributed by atoms with Gasteiger partial charge in [-0.3, -0.25) is 4.79 Å². The van der Waals surface area contributed by atoms with Crippen LogP contribution in [-0.4, -0.2) is 20.8 Å². The van der Waals surface area contributed by atoms with E-state index in [0.29, 0.717) is 6.42 Å². The molecule has 4 heteroatoms. The summed E-state index contributed by atoms with van der Waals surface area (Å²) in [6.45, 7) is 1.86. The third kappa shape index (κ3) is 1.86. The van der Waals surface area contributed by atoms with Crippen molar-refractivity contribution in [3.8, 4) is 11.3 Å². The number of nitrogens with zero attached hydrogens (tertiary/aromatic N) is 3. The molecule has 2 aromatic rings. The average Bonchev–Trinajstić information content (AvgIpc) is 2.75. The summed E-state index contributed by atoms with van der Waals surface area (Å²) in [4.78, 5) is 11.4. The zero-order valence-corrected chi connectivity index (χ0v) is 9.34. The van der Waals surface area contributed by atoms with Crippen molar-refractivity contribution < 1.29 is 4.79 Å². The van der Waals surface area contributed by atoms with Crippen molar-refractivity contribution >= 4 is 5.78 Å². The van der Waals surface area contributed by atoms with Gasteiger partial charge in [-0.2, -0.15) is 0 Å². The van der Waals surface area contributed by atoms with Gasteiger partial charge in [-0.1, -0.05) is 36.4 Å². The summed E-state index contributed by atoms with van der Waals surface area (Å²) in [6.07, 6.45) is 2.24. The Balaban J connectivity index is 2.33. The first-order valence-electron chi connectivity index (χ1n) is 5.20. The molecule has 1 aromatic heterocycles. The smallest absolute Gasteiger partial charge is 0.162 e. The zero-order chi connectivity index (χ0) is 11.5. The van der Waals surface area contributed by atoms with E-state index in [1.54, 1.807) is 10.9 Å². The topological polar surface area (TPSA) is 47.8 Å². The van der Waals surface area contributed by atoms with Gasteiger partial charge in [-0.25, -0.2) is 4.68 Å². The van der Waals surface area contributed by atoms with Crippen molar-refractivity contribution in [1.82, 2.24) is 15.0 Å².